The van der Waals surface area contributed by atoms with Gasteiger partial charge >= 0.3 is 0 Å². The van der Waals surface area contributed by atoms with E-state index in [1.807, 2.05) is 23.5 Å². The van der Waals surface area contributed by atoms with Crippen molar-refractivity contribution in [1.29, 1.82) is 0 Å². The van der Waals surface area contributed by atoms with Crippen molar-refractivity contribution in [3.63, 3.8) is 0 Å². The minimum absolute atomic E-state index is 0.0340. The van der Waals surface area contributed by atoms with E-state index in [1.165, 1.54) is 24.0 Å². The zero-order chi connectivity index (χ0) is 15.2. The number of amides is 1. The van der Waals surface area contributed by atoms with Crippen molar-refractivity contribution in [2.24, 2.45) is 0 Å². The van der Waals surface area contributed by atoms with E-state index < -0.39 is 4.92 Å². The summed E-state index contributed by atoms with van der Waals surface area (Å²) in [6.45, 7) is 0.627. The van der Waals surface area contributed by atoms with Crippen LogP contribution in [0.3, 0.4) is 0 Å². The zero-order valence-electron chi connectivity index (χ0n) is 11.6. The van der Waals surface area contributed by atoms with Crippen LogP contribution in [0.1, 0.15) is 10.4 Å². The molecule has 1 aromatic rings. The summed E-state index contributed by atoms with van der Waals surface area (Å²) in [5, 5.41) is 16.9. The fraction of sp³-hybridized carbons (Fsp3) is 0.462. The summed E-state index contributed by atoms with van der Waals surface area (Å²) in [4.78, 5) is 22.5. The van der Waals surface area contributed by atoms with E-state index in [0.29, 0.717) is 23.0 Å². The lowest BCUT2D eigenvalue weighted by molar-refractivity contribution is -0.383. The molecule has 1 saturated heterocycles. The molecule has 0 spiro atoms. The summed E-state index contributed by atoms with van der Waals surface area (Å²) in [5.41, 5.74) is 0.738. The molecule has 0 bridgehead atoms. The van der Waals surface area contributed by atoms with E-state index in [0.717, 1.165) is 11.5 Å². The maximum atomic E-state index is 12.1. The topological polar surface area (TPSA) is 84.3 Å². The van der Waals surface area contributed by atoms with Gasteiger partial charge in [0.25, 0.3) is 11.6 Å². The summed E-state index contributed by atoms with van der Waals surface area (Å²) >= 11 is 3.78. The van der Waals surface area contributed by atoms with Crippen molar-refractivity contribution in [2.45, 2.75) is 5.25 Å². The van der Waals surface area contributed by atoms with E-state index >= 15 is 0 Å². The number of nitrogens with zero attached hydrogens (tertiary/aromatic N) is 1. The predicted molar refractivity (Wildman–Crippen MR) is 88.5 cm³/mol. The van der Waals surface area contributed by atoms with Gasteiger partial charge in [-0.2, -0.15) is 23.5 Å². The van der Waals surface area contributed by atoms with Gasteiger partial charge in [-0.15, -0.1) is 0 Å². The molecule has 0 saturated carbocycles. The van der Waals surface area contributed by atoms with Crippen LogP contribution in [0.2, 0.25) is 0 Å². The van der Waals surface area contributed by atoms with Gasteiger partial charge in [-0.3, -0.25) is 14.9 Å². The second-order valence-corrected chi connectivity index (χ2v) is 7.07. The molecule has 1 fully saturated rings. The van der Waals surface area contributed by atoms with Crippen molar-refractivity contribution in [2.75, 3.05) is 36.2 Å². The van der Waals surface area contributed by atoms with Gasteiger partial charge in [-0.05, 0) is 12.1 Å². The fourth-order valence-electron chi connectivity index (χ4n) is 2.00. The van der Waals surface area contributed by atoms with Crippen LogP contribution < -0.4 is 10.6 Å². The summed E-state index contributed by atoms with van der Waals surface area (Å²) in [5.74, 6) is 3.14. The number of carbonyl (C=O) groups excluding carboxylic acids is 1. The first-order valence-electron chi connectivity index (χ1n) is 6.55. The number of benzene rings is 1. The highest BCUT2D eigenvalue weighted by Gasteiger charge is 2.18. The molecule has 114 valence electrons. The van der Waals surface area contributed by atoms with Gasteiger partial charge in [0, 0.05) is 47.7 Å². The number of rotatable bonds is 5. The lowest BCUT2D eigenvalue weighted by Gasteiger charge is -2.21. The highest BCUT2D eigenvalue weighted by Crippen LogP contribution is 2.25. The lowest BCUT2D eigenvalue weighted by Crippen LogP contribution is -2.33. The van der Waals surface area contributed by atoms with Crippen LogP contribution in [0.25, 0.3) is 0 Å². The van der Waals surface area contributed by atoms with Crippen LogP contribution in [0.15, 0.2) is 18.2 Å². The van der Waals surface area contributed by atoms with Gasteiger partial charge in [0.15, 0.2) is 0 Å². The van der Waals surface area contributed by atoms with Crippen LogP contribution in [0, 0.1) is 10.1 Å². The smallest absolute Gasteiger partial charge is 0.292 e. The van der Waals surface area contributed by atoms with Gasteiger partial charge in [-0.1, -0.05) is 0 Å². The summed E-state index contributed by atoms with van der Waals surface area (Å²) in [7, 11) is 1.60. The average molecular weight is 327 g/mol. The molecule has 1 amide bonds. The average Bonchev–Trinajstić information content (AvgIpc) is 2.52. The molecular weight excluding hydrogens is 310 g/mol. The predicted octanol–water partition coefficient (Wildman–Crippen LogP) is 2.21. The highest BCUT2D eigenvalue weighted by molar-refractivity contribution is 8.06. The monoisotopic (exact) mass is 327 g/mol. The standard InChI is InChI=1S/C13H17N3O3S2/c1-14-11-6-9(2-3-12(11)16(18)19)13(17)15-7-10-8-20-4-5-21-10/h2-3,6,10,14H,4-5,7-8H2,1H3,(H,15,17). The summed E-state index contributed by atoms with van der Waals surface area (Å²) in [6.07, 6.45) is 0. The third kappa shape index (κ3) is 4.28. The van der Waals surface area contributed by atoms with Crippen LogP contribution >= 0.6 is 23.5 Å². The van der Waals surface area contributed by atoms with Crippen LogP contribution in [-0.2, 0) is 0 Å². The largest absolute Gasteiger partial charge is 0.383 e. The van der Waals surface area contributed by atoms with Crippen molar-refractivity contribution >= 4 is 40.8 Å². The first kappa shape index (κ1) is 16.0. The number of hydrogen-bond acceptors (Lipinski definition) is 6. The number of nitro benzene ring substituents is 1. The van der Waals surface area contributed by atoms with Gasteiger partial charge in [-0.25, -0.2) is 0 Å². The van der Waals surface area contributed by atoms with E-state index in [1.54, 1.807) is 7.05 Å². The number of anilines is 1. The fourth-order valence-corrected chi connectivity index (χ4v) is 4.61. The third-order valence-electron chi connectivity index (χ3n) is 3.10. The SMILES string of the molecule is CNc1cc(C(=O)NCC2CSCCS2)ccc1[N+](=O)[O-]. The molecular formula is C13H17N3O3S2. The number of thioether (sulfide) groups is 2. The van der Waals surface area contributed by atoms with E-state index in [-0.39, 0.29) is 11.6 Å². The molecule has 1 unspecified atom stereocenters. The summed E-state index contributed by atoms with van der Waals surface area (Å²) < 4.78 is 0. The first-order valence-corrected chi connectivity index (χ1v) is 8.76. The molecule has 8 heteroatoms. The van der Waals surface area contributed by atoms with E-state index in [9.17, 15) is 14.9 Å². The molecule has 2 N–H and O–H groups in total. The number of carbonyl (C=O) groups is 1. The molecule has 0 aromatic heterocycles. The van der Waals surface area contributed by atoms with Crippen molar-refractivity contribution in [1.82, 2.24) is 5.32 Å². The molecule has 2 rings (SSSR count). The Bertz CT molecular complexity index is 533. The number of nitrogens with one attached hydrogen (secondary N) is 2. The molecule has 6 nitrogen and oxygen atoms in total. The number of nitro groups is 1. The lowest BCUT2D eigenvalue weighted by atomic mass is 10.1. The quantitative estimate of drug-likeness (QED) is 0.637. The maximum Gasteiger partial charge on any atom is 0.292 e. The Morgan fingerprint density at radius 2 is 2.29 bits per heavy atom. The van der Waals surface area contributed by atoms with Gasteiger partial charge in [0.2, 0.25) is 0 Å². The second-order valence-electron chi connectivity index (χ2n) is 4.52. The van der Waals surface area contributed by atoms with Crippen molar-refractivity contribution in [3.05, 3.63) is 33.9 Å². The Morgan fingerprint density at radius 3 is 2.90 bits per heavy atom. The molecule has 1 aromatic carbocycles. The first-order chi connectivity index (χ1) is 10.1. The molecule has 0 aliphatic carbocycles. The normalized spacial score (nSPS) is 18.0. The Labute approximate surface area is 131 Å². The molecule has 1 aliphatic rings. The maximum absolute atomic E-state index is 12.1. The summed E-state index contributed by atoms with van der Waals surface area (Å²) in [6, 6.07) is 4.35. The Hall–Kier alpha value is -1.41. The molecule has 21 heavy (non-hydrogen) atoms. The van der Waals surface area contributed by atoms with Crippen molar-refractivity contribution < 1.29 is 9.72 Å². The van der Waals surface area contributed by atoms with Gasteiger partial charge in [0.1, 0.15) is 5.69 Å². The van der Waals surface area contributed by atoms with Crippen LogP contribution in [0.4, 0.5) is 11.4 Å². The highest BCUT2D eigenvalue weighted by atomic mass is 32.2. The molecule has 1 heterocycles. The third-order valence-corrected chi connectivity index (χ3v) is 5.94. The molecule has 1 aliphatic heterocycles. The van der Waals surface area contributed by atoms with E-state index in [4.69, 9.17) is 0 Å². The molecule has 1 atom stereocenters. The zero-order valence-corrected chi connectivity index (χ0v) is 13.3. The van der Waals surface area contributed by atoms with E-state index in [2.05, 4.69) is 10.6 Å². The van der Waals surface area contributed by atoms with Gasteiger partial charge < -0.3 is 10.6 Å². The Balaban J connectivity index is 2.00. The minimum atomic E-state index is -0.469. The number of hydrogen-bond donors (Lipinski definition) is 2. The second kappa shape index (κ2) is 7.56. The Morgan fingerprint density at radius 1 is 1.48 bits per heavy atom. The molecule has 0 radical (unpaired) electrons. The van der Waals surface area contributed by atoms with Gasteiger partial charge in [0.05, 0.1) is 4.92 Å². The van der Waals surface area contributed by atoms with Crippen LogP contribution in [0.5, 0.6) is 0 Å². The Kier molecular flexibility index (Phi) is 5.75. The van der Waals surface area contributed by atoms with Crippen molar-refractivity contribution in [3.8, 4) is 0 Å². The minimum Gasteiger partial charge on any atom is -0.383 e. The van der Waals surface area contributed by atoms with Crippen LogP contribution in [-0.4, -0.2) is 46.9 Å².